The fraction of sp³-hybridized carbons (Fsp3) is 0.800. The predicted octanol–water partition coefficient (Wildman–Crippen LogP) is 6.36. The Balaban J connectivity index is 0.000000205. The number of aliphatic hydroxyl groups is 4. The molecule has 4 atom stereocenters. The van der Waals surface area contributed by atoms with E-state index in [-0.39, 0.29) is 111 Å². The van der Waals surface area contributed by atoms with Gasteiger partial charge >= 0.3 is 23.9 Å². The molecule has 330 valence electrons. The van der Waals surface area contributed by atoms with Crippen molar-refractivity contribution in [3.05, 3.63) is 0 Å². The minimum atomic E-state index is -0.433. The predicted molar refractivity (Wildman–Crippen MR) is 206 cm³/mol. The molecule has 0 amide bonds. The molecule has 8 rings (SSSR count). The van der Waals surface area contributed by atoms with Gasteiger partial charge in [-0.2, -0.15) is 0 Å². The minimum Gasteiger partial charge on any atom is -0.497 e. The van der Waals surface area contributed by atoms with Gasteiger partial charge in [0.2, 0.25) is 0 Å². The number of nitrogens with zero attached hydrogens (tertiary/aromatic N) is 4. The van der Waals surface area contributed by atoms with E-state index in [0.29, 0.717) is 25.7 Å². The monoisotopic (exact) mass is 994 g/mol. The van der Waals surface area contributed by atoms with E-state index in [0.717, 1.165) is 103 Å². The fourth-order valence-electron chi connectivity index (χ4n) is 7.60. The van der Waals surface area contributed by atoms with Crippen molar-refractivity contribution in [2.24, 2.45) is 20.0 Å². The van der Waals surface area contributed by atoms with Gasteiger partial charge in [0.1, 0.15) is 24.4 Å². The van der Waals surface area contributed by atoms with Crippen LogP contribution in [-0.4, -0.2) is 116 Å². The first-order valence-corrected chi connectivity index (χ1v) is 20.9. The van der Waals surface area contributed by atoms with Gasteiger partial charge < -0.3 is 39.4 Å². The molecule has 4 fully saturated rings. The van der Waals surface area contributed by atoms with Gasteiger partial charge in [-0.3, -0.25) is 0 Å². The van der Waals surface area contributed by atoms with Gasteiger partial charge in [-0.1, -0.05) is 25.7 Å². The maximum absolute atomic E-state index is 11.4. The summed E-state index contributed by atoms with van der Waals surface area (Å²) in [5.41, 5.74) is 0. The molecule has 4 saturated carbocycles. The Morgan fingerprint density at radius 3 is 0.638 bits per heavy atom. The molecule has 0 aromatic heterocycles. The van der Waals surface area contributed by atoms with Gasteiger partial charge in [0.25, 0.3) is 0 Å². The van der Waals surface area contributed by atoms with E-state index in [1.165, 1.54) is 25.7 Å². The summed E-state index contributed by atoms with van der Waals surface area (Å²) >= 11 is 0. The Morgan fingerprint density at radius 2 is 0.500 bits per heavy atom. The van der Waals surface area contributed by atoms with E-state index in [4.69, 9.17) is 39.4 Å². The summed E-state index contributed by atoms with van der Waals surface area (Å²) in [4.78, 5) is 60.3. The number of aliphatic hydroxyl groups excluding tert-OH is 4. The number of ether oxygens (including phenoxy) is 4. The average Bonchev–Trinajstić information content (AvgIpc) is 3.15. The molecule has 58 heavy (non-hydrogen) atoms. The zero-order valence-electron chi connectivity index (χ0n) is 33.1. The van der Waals surface area contributed by atoms with Crippen molar-refractivity contribution >= 4 is 47.5 Å². The van der Waals surface area contributed by atoms with Crippen LogP contribution < -0.4 is 0 Å². The van der Waals surface area contributed by atoms with Crippen molar-refractivity contribution in [1.29, 1.82) is 0 Å². The van der Waals surface area contributed by atoms with E-state index in [9.17, 15) is 19.2 Å². The van der Waals surface area contributed by atoms with Gasteiger partial charge in [0, 0.05) is 39.0 Å². The van der Waals surface area contributed by atoms with Crippen molar-refractivity contribution in [3.8, 4) is 0 Å². The number of hydrogen-bond donors (Lipinski definition) is 4. The minimum absolute atomic E-state index is 0. The summed E-state index contributed by atoms with van der Waals surface area (Å²) in [5.74, 6) is -0.814. The molecule has 18 heteroatoms. The summed E-state index contributed by atoms with van der Waals surface area (Å²) in [6.07, 6.45) is 23.8. The van der Waals surface area contributed by atoms with Crippen molar-refractivity contribution < 1.29 is 97.5 Å². The van der Waals surface area contributed by atoms with Crippen molar-refractivity contribution in [2.75, 3.05) is 0 Å². The van der Waals surface area contributed by atoms with Crippen LogP contribution in [0.5, 0.6) is 0 Å². The number of carbonyl (C=O) groups is 4. The number of hydrogen-bond acceptors (Lipinski definition) is 12. The van der Waals surface area contributed by atoms with E-state index in [2.05, 4.69) is 20.0 Å². The van der Waals surface area contributed by atoms with Gasteiger partial charge in [-0.05, 0) is 103 Å². The maximum atomic E-state index is 11.4. The van der Waals surface area contributed by atoms with E-state index in [1.54, 1.807) is 0 Å². The first-order valence-electron chi connectivity index (χ1n) is 20.9. The first kappa shape index (κ1) is 49.4. The molecule has 8 aliphatic rings. The Kier molecular flexibility index (Phi) is 21.8. The van der Waals surface area contributed by atoms with Crippen LogP contribution in [0.4, 0.5) is 0 Å². The molecule has 4 heterocycles. The Labute approximate surface area is 366 Å². The van der Waals surface area contributed by atoms with Crippen LogP contribution in [0, 0.1) is 0 Å². The number of rotatable bonds is 8. The van der Waals surface area contributed by atoms with E-state index in [1.807, 2.05) is 0 Å². The topological polar surface area (TPSA) is 236 Å². The Morgan fingerprint density at radius 1 is 0.345 bits per heavy atom. The van der Waals surface area contributed by atoms with Crippen LogP contribution >= 0.6 is 0 Å². The first-order chi connectivity index (χ1) is 27.0. The second-order valence-electron chi connectivity index (χ2n) is 15.8. The summed E-state index contributed by atoms with van der Waals surface area (Å²) in [5, 5.41) is 35.3. The zero-order valence-corrected chi connectivity index (χ0v) is 36.4. The third-order valence-corrected chi connectivity index (χ3v) is 11.2. The van der Waals surface area contributed by atoms with Crippen LogP contribution in [0.2, 0.25) is 0 Å². The third kappa shape index (κ3) is 16.6. The van der Waals surface area contributed by atoms with Gasteiger partial charge in [-0.15, -0.1) is 0 Å². The van der Waals surface area contributed by atoms with Crippen LogP contribution in [0.15, 0.2) is 20.0 Å². The molecule has 0 spiro atoms. The second kappa shape index (κ2) is 25.6. The Hall–Kier alpha value is -2.99. The van der Waals surface area contributed by atoms with Crippen molar-refractivity contribution in [3.63, 3.8) is 0 Å². The van der Waals surface area contributed by atoms with Crippen molar-refractivity contribution in [1.82, 2.24) is 0 Å². The molecular formula is C40H60N4O12Rh2. The number of aliphatic imine (C=N–C) groups is 4. The second-order valence-corrected chi connectivity index (χ2v) is 15.8. The third-order valence-electron chi connectivity index (χ3n) is 11.2. The van der Waals surface area contributed by atoms with E-state index >= 15 is 0 Å². The summed E-state index contributed by atoms with van der Waals surface area (Å²) in [6, 6.07) is -1.73. The molecule has 4 aliphatic carbocycles. The molecule has 0 unspecified atom stereocenters. The van der Waals surface area contributed by atoms with Crippen LogP contribution in [-0.2, 0) is 77.1 Å². The molecule has 4 aliphatic heterocycles. The smallest absolute Gasteiger partial charge is 0.331 e. The Bertz CT molecular complexity index is 1250. The molecule has 0 bridgehead atoms. The van der Waals surface area contributed by atoms with Crippen molar-refractivity contribution in [2.45, 2.75) is 203 Å². The summed E-state index contributed by atoms with van der Waals surface area (Å²) in [6.45, 7) is 0. The quantitative estimate of drug-likeness (QED) is 0.118. The number of carbonyl (C=O) groups excluding carboxylic acids is 4. The zero-order chi connectivity index (χ0) is 39.9. The summed E-state index contributed by atoms with van der Waals surface area (Å²) < 4.78 is 21.1. The summed E-state index contributed by atoms with van der Waals surface area (Å²) in [7, 11) is 0. The largest absolute Gasteiger partial charge is 0.497 e. The van der Waals surface area contributed by atoms with E-state index < -0.39 is 24.2 Å². The van der Waals surface area contributed by atoms with Gasteiger partial charge in [0.15, 0.2) is 47.8 Å². The van der Waals surface area contributed by atoms with Crippen LogP contribution in [0.3, 0.4) is 0 Å². The average molecular weight is 995 g/mol. The molecule has 2 radical (unpaired) electrons. The molecule has 0 aromatic rings. The molecule has 0 aromatic carbocycles. The normalized spacial score (nSPS) is 26.8. The molecule has 16 nitrogen and oxygen atoms in total. The molecule has 0 saturated heterocycles. The van der Waals surface area contributed by atoms with Crippen LogP contribution in [0.25, 0.3) is 0 Å². The molecule has 4 N–H and O–H groups in total. The fourth-order valence-corrected chi connectivity index (χ4v) is 7.60. The van der Waals surface area contributed by atoms with Gasteiger partial charge in [-0.25, -0.2) is 39.1 Å². The maximum Gasteiger partial charge on any atom is 0.331 e. The number of esters is 4. The SMILES string of the molecule is O=C(OC1CCCCC1)[C@@H]1CC(O)=N1.O=C(OC1CCCCC1)[C@@H]1CC(O)=N1.O=C(OC1CCCCC1)[C@@H]1CC(O)=N1.O=C(OC1CCCCC1)[C@@H]1CC(O)=N1.[Rh].[Rh]. The van der Waals surface area contributed by atoms with Gasteiger partial charge in [0.05, 0.1) is 25.7 Å². The van der Waals surface area contributed by atoms with Crippen LogP contribution in [0.1, 0.15) is 154 Å². The molecular weight excluding hydrogens is 934 g/mol. The standard InChI is InChI=1S/4C10H15NO3.2Rh/c4*12-9-6-8(11-9)10(13)14-7-4-2-1-3-5-7;;/h4*7-8H,1-6H2,(H,11,12);;/t4*8-;;/m0000../s1.